The molecular formula is C20H20N2O4. The molecule has 134 valence electrons. The van der Waals surface area contributed by atoms with Crippen LogP contribution in [-0.2, 0) is 9.47 Å². The minimum Gasteiger partial charge on any atom is -0.475 e. The lowest BCUT2D eigenvalue weighted by Crippen LogP contribution is -2.33. The fourth-order valence-electron chi connectivity index (χ4n) is 2.58. The monoisotopic (exact) mass is 352 g/mol. The van der Waals surface area contributed by atoms with Crippen LogP contribution in [0.15, 0.2) is 35.1 Å². The number of hydrogen-bond acceptors (Lipinski definition) is 5. The minimum absolute atomic E-state index is 0.141. The molecule has 1 atom stereocenters. The fourth-order valence-corrected chi connectivity index (χ4v) is 2.58. The maximum Gasteiger partial charge on any atom is 0.254 e. The summed E-state index contributed by atoms with van der Waals surface area (Å²) in [6, 6.07) is 9.01. The van der Waals surface area contributed by atoms with E-state index in [0.717, 1.165) is 11.1 Å². The molecule has 1 aliphatic heterocycles. The number of H-pyrrole nitrogens is 1. The zero-order chi connectivity index (χ0) is 17.8. The summed E-state index contributed by atoms with van der Waals surface area (Å²) >= 11 is 0. The van der Waals surface area contributed by atoms with Crippen LogP contribution in [0, 0.1) is 17.8 Å². The largest absolute Gasteiger partial charge is 0.475 e. The molecule has 0 spiro atoms. The first-order valence-electron chi connectivity index (χ1n) is 8.82. The second-order valence-corrected chi connectivity index (χ2v) is 6.43. The SMILES string of the molecule is O=c1cc(OC[C@H]2COCCO2)nc(-c2ccc(C#CC3CC3)cc2)[nH]1. The summed E-state index contributed by atoms with van der Waals surface area (Å²) < 4.78 is 16.5. The predicted octanol–water partition coefficient (Wildman–Crippen LogP) is 1.99. The number of aromatic amines is 1. The molecule has 0 bridgehead atoms. The zero-order valence-electron chi connectivity index (χ0n) is 14.4. The van der Waals surface area contributed by atoms with Crippen LogP contribution in [0.25, 0.3) is 11.4 Å². The van der Waals surface area contributed by atoms with Crippen molar-refractivity contribution < 1.29 is 14.2 Å². The highest BCUT2D eigenvalue weighted by Gasteiger charge is 2.18. The molecule has 1 N–H and O–H groups in total. The van der Waals surface area contributed by atoms with E-state index in [4.69, 9.17) is 14.2 Å². The smallest absolute Gasteiger partial charge is 0.254 e. The van der Waals surface area contributed by atoms with Gasteiger partial charge in [-0.1, -0.05) is 24.0 Å². The summed E-state index contributed by atoms with van der Waals surface area (Å²) in [6.45, 7) is 1.94. The average molecular weight is 352 g/mol. The fraction of sp³-hybridized carbons (Fsp3) is 0.400. The van der Waals surface area contributed by atoms with Gasteiger partial charge in [0.05, 0.1) is 25.9 Å². The van der Waals surface area contributed by atoms with Crippen LogP contribution in [0.4, 0.5) is 0 Å². The summed E-state index contributed by atoms with van der Waals surface area (Å²) in [5.74, 6) is 7.72. The van der Waals surface area contributed by atoms with E-state index in [1.165, 1.54) is 18.9 Å². The molecule has 1 saturated carbocycles. The first-order valence-corrected chi connectivity index (χ1v) is 8.82. The molecule has 2 aromatic rings. The van der Waals surface area contributed by atoms with Crippen LogP contribution in [0.2, 0.25) is 0 Å². The van der Waals surface area contributed by atoms with Crippen LogP contribution >= 0.6 is 0 Å². The van der Waals surface area contributed by atoms with Gasteiger partial charge in [-0.05, 0) is 25.0 Å². The number of hydrogen-bond donors (Lipinski definition) is 1. The Bertz CT molecular complexity index is 869. The zero-order valence-corrected chi connectivity index (χ0v) is 14.4. The Kier molecular flexibility index (Phi) is 5.00. The van der Waals surface area contributed by atoms with Crippen molar-refractivity contribution in [3.05, 3.63) is 46.2 Å². The maximum atomic E-state index is 11.9. The highest BCUT2D eigenvalue weighted by Crippen LogP contribution is 2.27. The first kappa shape index (κ1) is 16.8. The average Bonchev–Trinajstić information content (AvgIpc) is 3.50. The minimum atomic E-state index is -0.261. The highest BCUT2D eigenvalue weighted by atomic mass is 16.6. The van der Waals surface area contributed by atoms with Crippen LogP contribution in [0.1, 0.15) is 18.4 Å². The molecule has 1 saturated heterocycles. The van der Waals surface area contributed by atoms with Crippen molar-refractivity contribution in [2.24, 2.45) is 5.92 Å². The van der Waals surface area contributed by atoms with Gasteiger partial charge >= 0.3 is 0 Å². The lowest BCUT2D eigenvalue weighted by molar-refractivity contribution is -0.102. The molecule has 4 rings (SSSR count). The molecule has 1 aliphatic carbocycles. The Labute approximate surface area is 151 Å². The van der Waals surface area contributed by atoms with Gasteiger partial charge in [0.1, 0.15) is 18.5 Å². The number of ether oxygens (including phenoxy) is 3. The van der Waals surface area contributed by atoms with Crippen LogP contribution < -0.4 is 10.3 Å². The molecule has 2 fully saturated rings. The van der Waals surface area contributed by atoms with E-state index in [0.29, 0.717) is 38.2 Å². The van der Waals surface area contributed by atoms with Gasteiger partial charge in [0, 0.05) is 17.0 Å². The Hall–Kier alpha value is -2.62. The number of nitrogens with zero attached hydrogens (tertiary/aromatic N) is 1. The number of aromatic nitrogens is 2. The van der Waals surface area contributed by atoms with E-state index in [-0.39, 0.29) is 17.5 Å². The van der Waals surface area contributed by atoms with E-state index in [2.05, 4.69) is 21.8 Å². The van der Waals surface area contributed by atoms with Crippen molar-refractivity contribution in [3.8, 4) is 29.1 Å². The topological polar surface area (TPSA) is 73.4 Å². The van der Waals surface area contributed by atoms with E-state index >= 15 is 0 Å². The Balaban J connectivity index is 1.46. The molecule has 0 amide bonds. The summed E-state index contributed by atoms with van der Waals surface area (Å²) in [7, 11) is 0. The van der Waals surface area contributed by atoms with E-state index in [1.807, 2.05) is 24.3 Å². The van der Waals surface area contributed by atoms with Gasteiger partial charge in [0.25, 0.3) is 5.56 Å². The quantitative estimate of drug-likeness (QED) is 0.852. The summed E-state index contributed by atoms with van der Waals surface area (Å²) in [6.07, 6.45) is 2.28. The standard InChI is InChI=1S/C20H20N2O4/c23-18-11-19(26-13-17-12-24-9-10-25-17)22-20(21-18)16-7-5-15(6-8-16)4-3-14-1-2-14/h5-8,11,14,17H,1-2,9-10,12-13H2,(H,21,22,23)/t17-/m1/s1. The maximum absolute atomic E-state index is 11.9. The number of benzene rings is 1. The van der Waals surface area contributed by atoms with Gasteiger partial charge in [-0.2, -0.15) is 4.98 Å². The third-order valence-electron chi connectivity index (χ3n) is 4.18. The lowest BCUT2D eigenvalue weighted by Gasteiger charge is -2.22. The van der Waals surface area contributed by atoms with Crippen LogP contribution in [-0.4, -0.2) is 42.5 Å². The summed E-state index contributed by atoms with van der Waals surface area (Å²) in [5, 5.41) is 0. The second-order valence-electron chi connectivity index (χ2n) is 6.43. The normalized spacial score (nSPS) is 19.5. The first-order chi connectivity index (χ1) is 12.8. The van der Waals surface area contributed by atoms with Crippen LogP contribution in [0.5, 0.6) is 5.88 Å². The van der Waals surface area contributed by atoms with Crippen molar-refractivity contribution in [3.63, 3.8) is 0 Å². The van der Waals surface area contributed by atoms with Crippen molar-refractivity contribution in [1.29, 1.82) is 0 Å². The van der Waals surface area contributed by atoms with Crippen molar-refractivity contribution >= 4 is 0 Å². The van der Waals surface area contributed by atoms with Gasteiger partial charge in [0.15, 0.2) is 0 Å². The van der Waals surface area contributed by atoms with E-state index in [1.54, 1.807) is 0 Å². The highest BCUT2D eigenvalue weighted by molar-refractivity contribution is 5.57. The summed E-state index contributed by atoms with van der Waals surface area (Å²) in [5.41, 5.74) is 1.51. The lowest BCUT2D eigenvalue weighted by atomic mass is 10.1. The van der Waals surface area contributed by atoms with Gasteiger partial charge in [-0.3, -0.25) is 4.79 Å². The third-order valence-corrected chi connectivity index (χ3v) is 4.18. The molecule has 26 heavy (non-hydrogen) atoms. The molecule has 6 heteroatoms. The van der Waals surface area contributed by atoms with Gasteiger partial charge in [0.2, 0.25) is 5.88 Å². The Morgan fingerprint density at radius 1 is 1.23 bits per heavy atom. The van der Waals surface area contributed by atoms with Crippen molar-refractivity contribution in [2.45, 2.75) is 18.9 Å². The molecule has 6 nitrogen and oxygen atoms in total. The van der Waals surface area contributed by atoms with Gasteiger partial charge < -0.3 is 19.2 Å². The number of rotatable bonds is 4. The van der Waals surface area contributed by atoms with E-state index in [9.17, 15) is 4.79 Å². The third kappa shape index (κ3) is 4.51. The summed E-state index contributed by atoms with van der Waals surface area (Å²) in [4.78, 5) is 19.1. The Morgan fingerprint density at radius 2 is 2.08 bits per heavy atom. The second kappa shape index (κ2) is 7.73. The molecule has 2 aliphatic rings. The Morgan fingerprint density at radius 3 is 2.81 bits per heavy atom. The van der Waals surface area contributed by atoms with Gasteiger partial charge in [-0.15, -0.1) is 0 Å². The predicted molar refractivity (Wildman–Crippen MR) is 95.9 cm³/mol. The molecule has 1 aromatic heterocycles. The molecule has 0 radical (unpaired) electrons. The number of nitrogens with one attached hydrogen (secondary N) is 1. The van der Waals surface area contributed by atoms with Gasteiger partial charge in [-0.25, -0.2) is 0 Å². The molecular weight excluding hydrogens is 332 g/mol. The molecule has 2 heterocycles. The molecule has 0 unspecified atom stereocenters. The van der Waals surface area contributed by atoms with Crippen LogP contribution in [0.3, 0.4) is 0 Å². The van der Waals surface area contributed by atoms with Crippen molar-refractivity contribution in [1.82, 2.24) is 9.97 Å². The van der Waals surface area contributed by atoms with E-state index < -0.39 is 0 Å². The molecule has 1 aromatic carbocycles. The van der Waals surface area contributed by atoms with Crippen molar-refractivity contribution in [2.75, 3.05) is 26.4 Å².